The number of ketones is 1. The summed E-state index contributed by atoms with van der Waals surface area (Å²) >= 11 is 0. The van der Waals surface area contributed by atoms with E-state index in [9.17, 15) is 9.00 Å². The predicted octanol–water partition coefficient (Wildman–Crippen LogP) is 4.20. The van der Waals surface area contributed by atoms with Gasteiger partial charge in [-0.25, -0.2) is 0 Å². The van der Waals surface area contributed by atoms with Gasteiger partial charge in [-0.05, 0) is 60.4 Å². The third kappa shape index (κ3) is 2.13. The van der Waals surface area contributed by atoms with Crippen LogP contribution in [-0.2, 0) is 23.6 Å². The minimum Gasteiger partial charge on any atom is -0.294 e. The van der Waals surface area contributed by atoms with Crippen LogP contribution in [0, 0.1) is 5.92 Å². The van der Waals surface area contributed by atoms with Gasteiger partial charge in [0.25, 0.3) is 0 Å². The first-order chi connectivity index (χ1) is 11.7. The quantitative estimate of drug-likeness (QED) is 0.769. The van der Waals surface area contributed by atoms with E-state index in [1.165, 1.54) is 22.9 Å². The average Bonchev–Trinajstić information content (AvgIpc) is 3.00. The molecule has 124 valence electrons. The van der Waals surface area contributed by atoms with Crippen LogP contribution in [0.2, 0.25) is 0 Å². The van der Waals surface area contributed by atoms with Gasteiger partial charge in [-0.2, -0.15) is 0 Å². The molecule has 2 unspecified atom stereocenters. The van der Waals surface area contributed by atoms with Crippen LogP contribution in [-0.4, -0.2) is 20.5 Å². The zero-order valence-corrected chi connectivity index (χ0v) is 14.6. The van der Waals surface area contributed by atoms with Crippen molar-refractivity contribution < 1.29 is 9.00 Å². The van der Waals surface area contributed by atoms with Crippen LogP contribution in [0.4, 0.5) is 0 Å². The molecule has 0 amide bonds. The predicted molar refractivity (Wildman–Crippen MR) is 98.0 cm³/mol. The molecule has 2 aliphatic heterocycles. The molecule has 2 aromatic carbocycles. The van der Waals surface area contributed by atoms with Crippen LogP contribution < -0.4 is 0 Å². The van der Waals surface area contributed by atoms with E-state index in [0.29, 0.717) is 5.78 Å². The molecule has 0 spiro atoms. The Bertz CT molecular complexity index is 843. The fourth-order valence-corrected chi connectivity index (χ4v) is 7.32. The Labute approximate surface area is 145 Å². The number of fused-ring (bicyclic) bond motifs is 2. The summed E-state index contributed by atoms with van der Waals surface area (Å²) < 4.78 is 12.4. The van der Waals surface area contributed by atoms with Crippen LogP contribution >= 0.6 is 0 Å². The molecular formula is C21H22O2S. The fraction of sp³-hybridized carbons (Fsp3) is 0.476. The topological polar surface area (TPSA) is 34.1 Å². The smallest absolute Gasteiger partial charge is 0.166 e. The Hall–Kier alpha value is -1.48. The zero-order chi connectivity index (χ0) is 16.3. The van der Waals surface area contributed by atoms with Gasteiger partial charge in [-0.15, -0.1) is 0 Å². The van der Waals surface area contributed by atoms with Gasteiger partial charge in [-0.1, -0.05) is 36.8 Å². The lowest BCUT2D eigenvalue weighted by atomic mass is 9.83. The van der Waals surface area contributed by atoms with E-state index < -0.39 is 10.8 Å². The molecule has 0 N–H and O–H groups in total. The first kappa shape index (κ1) is 14.8. The molecule has 24 heavy (non-hydrogen) atoms. The minimum atomic E-state index is -0.706. The van der Waals surface area contributed by atoms with Gasteiger partial charge in [0, 0.05) is 32.8 Å². The molecule has 5 rings (SSSR count). The first-order valence-electron chi connectivity index (χ1n) is 9.19. The molecule has 3 heteroatoms. The van der Waals surface area contributed by atoms with Crippen molar-refractivity contribution in [1.82, 2.24) is 0 Å². The summed E-state index contributed by atoms with van der Waals surface area (Å²) in [6, 6.07) is 10.6. The van der Waals surface area contributed by atoms with Gasteiger partial charge < -0.3 is 0 Å². The molecule has 0 radical (unpaired) electrons. The van der Waals surface area contributed by atoms with Gasteiger partial charge in [0.15, 0.2) is 5.78 Å². The number of Topliss-reactive ketones (excluding diaryl/α,β-unsaturated/α-hetero) is 1. The number of aryl methyl sites for hydroxylation is 2. The summed E-state index contributed by atoms with van der Waals surface area (Å²) in [6.07, 6.45) is 7.10. The van der Waals surface area contributed by atoms with Gasteiger partial charge >= 0.3 is 0 Å². The van der Waals surface area contributed by atoms with Crippen LogP contribution in [0.15, 0.2) is 30.3 Å². The van der Waals surface area contributed by atoms with Gasteiger partial charge in [-0.3, -0.25) is 9.00 Å². The lowest BCUT2D eigenvalue weighted by Gasteiger charge is -2.37. The van der Waals surface area contributed by atoms with Crippen molar-refractivity contribution in [2.75, 3.05) is 0 Å². The van der Waals surface area contributed by atoms with Crippen molar-refractivity contribution in [3.63, 3.8) is 0 Å². The highest BCUT2D eigenvalue weighted by atomic mass is 32.2. The molecule has 2 nitrogen and oxygen atoms in total. The van der Waals surface area contributed by atoms with Crippen molar-refractivity contribution in [3.8, 4) is 0 Å². The summed E-state index contributed by atoms with van der Waals surface area (Å²) in [4.78, 5) is 13.3. The molecule has 2 bridgehead atoms. The van der Waals surface area contributed by atoms with Crippen molar-refractivity contribution >= 4 is 27.4 Å². The molecule has 2 saturated heterocycles. The molecule has 0 saturated carbocycles. The second-order valence-corrected chi connectivity index (χ2v) is 9.64. The Morgan fingerprint density at radius 1 is 0.958 bits per heavy atom. The number of carbonyl (C=O) groups excluding carboxylic acids is 1. The van der Waals surface area contributed by atoms with Crippen molar-refractivity contribution in [2.45, 2.75) is 55.4 Å². The number of carbonyl (C=O) groups is 1. The van der Waals surface area contributed by atoms with Crippen LogP contribution in [0.25, 0.3) is 10.8 Å². The second-order valence-electron chi connectivity index (χ2n) is 7.65. The second kappa shape index (κ2) is 5.52. The van der Waals surface area contributed by atoms with Crippen LogP contribution in [0.3, 0.4) is 0 Å². The molecule has 2 atom stereocenters. The number of rotatable bonds is 2. The van der Waals surface area contributed by atoms with Crippen LogP contribution in [0.1, 0.15) is 53.6 Å². The number of benzene rings is 2. The number of hydrogen-bond donors (Lipinski definition) is 0. The van der Waals surface area contributed by atoms with Gasteiger partial charge in [0.2, 0.25) is 0 Å². The van der Waals surface area contributed by atoms with Crippen molar-refractivity contribution in [3.05, 3.63) is 47.0 Å². The standard InChI is InChI=1S/C21H22O2S/c22-21(15-11-16-4-2-5-17(12-15)24(16)23)19-10-9-14-8-7-13-3-1-6-18(19)20(13)14/h1,3,6,9-10,15-17H,2,4-5,7-8,11-12H2. The third-order valence-electron chi connectivity index (χ3n) is 6.32. The van der Waals surface area contributed by atoms with E-state index in [0.717, 1.165) is 49.5 Å². The molecule has 1 aliphatic carbocycles. The molecule has 2 fully saturated rings. The Balaban J connectivity index is 1.54. The molecule has 0 aromatic heterocycles. The Kier molecular flexibility index (Phi) is 3.41. The summed E-state index contributed by atoms with van der Waals surface area (Å²) in [7, 11) is -0.706. The molecular weight excluding hydrogens is 316 g/mol. The first-order valence-corrected chi connectivity index (χ1v) is 10.5. The zero-order valence-electron chi connectivity index (χ0n) is 13.8. The van der Waals surface area contributed by atoms with Gasteiger partial charge in [0.1, 0.15) is 0 Å². The fourth-order valence-electron chi connectivity index (χ4n) is 5.13. The summed E-state index contributed by atoms with van der Waals surface area (Å²) in [5.74, 6) is 0.357. The maximum Gasteiger partial charge on any atom is 0.166 e. The maximum absolute atomic E-state index is 13.3. The highest BCUT2D eigenvalue weighted by molar-refractivity contribution is 7.86. The maximum atomic E-state index is 13.3. The Morgan fingerprint density at radius 3 is 2.42 bits per heavy atom. The molecule has 2 heterocycles. The van der Waals surface area contributed by atoms with Crippen molar-refractivity contribution in [1.29, 1.82) is 0 Å². The summed E-state index contributed by atoms with van der Waals surface area (Å²) in [6.45, 7) is 0. The normalized spacial score (nSPS) is 31.3. The highest BCUT2D eigenvalue weighted by Gasteiger charge is 2.40. The minimum absolute atomic E-state index is 0.0662. The van der Waals surface area contributed by atoms with E-state index >= 15 is 0 Å². The van der Waals surface area contributed by atoms with Crippen molar-refractivity contribution in [2.24, 2.45) is 5.92 Å². The molecule has 2 aromatic rings. The largest absolute Gasteiger partial charge is 0.294 e. The lowest BCUT2D eigenvalue weighted by Crippen LogP contribution is -2.41. The van der Waals surface area contributed by atoms with E-state index in [1.54, 1.807) is 0 Å². The third-order valence-corrected chi connectivity index (χ3v) is 8.49. The lowest BCUT2D eigenvalue weighted by molar-refractivity contribution is 0.0897. The Morgan fingerprint density at radius 2 is 1.67 bits per heavy atom. The summed E-state index contributed by atoms with van der Waals surface area (Å²) in [5.41, 5.74) is 3.67. The van der Waals surface area contributed by atoms with Crippen LogP contribution in [0.5, 0.6) is 0 Å². The number of hydrogen-bond acceptors (Lipinski definition) is 2. The SMILES string of the molecule is O=C(c1ccc2c3c(cccc13)CC2)C1CC2CCCC(C1)S2=O. The van der Waals surface area contributed by atoms with E-state index in [-0.39, 0.29) is 16.4 Å². The monoisotopic (exact) mass is 338 g/mol. The van der Waals surface area contributed by atoms with Gasteiger partial charge in [0.05, 0.1) is 0 Å². The highest BCUT2D eigenvalue weighted by Crippen LogP contribution is 2.40. The van der Waals surface area contributed by atoms with E-state index in [2.05, 4.69) is 30.3 Å². The summed E-state index contributed by atoms with van der Waals surface area (Å²) in [5, 5.41) is 2.97. The van der Waals surface area contributed by atoms with E-state index in [1.807, 2.05) is 0 Å². The van der Waals surface area contributed by atoms with E-state index in [4.69, 9.17) is 0 Å². The molecule has 3 aliphatic rings. The average molecular weight is 338 g/mol.